The summed E-state index contributed by atoms with van der Waals surface area (Å²) in [6.07, 6.45) is 8.36. The molecule has 30 heavy (non-hydrogen) atoms. The lowest BCUT2D eigenvalue weighted by molar-refractivity contribution is -0.0505. The minimum absolute atomic E-state index is 0.116. The van der Waals surface area contributed by atoms with Crippen molar-refractivity contribution in [3.05, 3.63) is 0 Å². The molecule has 1 N–H and O–H groups in total. The van der Waals surface area contributed by atoms with Gasteiger partial charge in [0.05, 0.1) is 12.2 Å². The minimum atomic E-state index is -0.995. The smallest absolute Gasteiger partial charge is 0.138 e. The molecule has 1 heterocycles. The summed E-state index contributed by atoms with van der Waals surface area (Å²) in [6.45, 7) is 5.00. The Bertz CT molecular complexity index is 541. The molecule has 0 spiro atoms. The van der Waals surface area contributed by atoms with Gasteiger partial charge in [-0.1, -0.05) is 39.5 Å². The highest BCUT2D eigenvalue weighted by Gasteiger charge is 2.57. The Morgan fingerprint density at radius 1 is 0.900 bits per heavy atom. The number of fused-ring (bicyclic) bond motifs is 3. The van der Waals surface area contributed by atoms with Crippen LogP contribution in [-0.2, 0) is 4.74 Å². The molecule has 0 aromatic rings. The largest absolute Gasteiger partial charge is 0.392 e. The second-order valence-electron chi connectivity index (χ2n) is 10.5. The highest BCUT2D eigenvalue weighted by atomic mass is 32.2. The first-order chi connectivity index (χ1) is 14.5. The summed E-state index contributed by atoms with van der Waals surface area (Å²) < 4.78 is 36.9. The Balaban J connectivity index is 1.36. The number of ether oxygens (including phenoxy) is 1. The number of thioether (sulfide) groups is 1. The molecular formula is C25H42F2O2S. The zero-order chi connectivity index (χ0) is 21.3. The Morgan fingerprint density at radius 2 is 1.57 bits per heavy atom. The first-order valence-corrected chi connectivity index (χ1v) is 13.7. The maximum Gasteiger partial charge on any atom is 0.138 e. The number of rotatable bonds is 7. The summed E-state index contributed by atoms with van der Waals surface area (Å²) >= 11 is 1.57. The molecule has 0 radical (unpaired) electrons. The molecule has 9 atom stereocenters. The van der Waals surface area contributed by atoms with E-state index in [1.54, 1.807) is 11.8 Å². The van der Waals surface area contributed by atoms with Gasteiger partial charge in [-0.05, 0) is 68.6 Å². The number of alkyl halides is 2. The maximum atomic E-state index is 15.7. The lowest BCUT2D eigenvalue weighted by Crippen LogP contribution is -2.47. The van der Waals surface area contributed by atoms with E-state index in [1.807, 2.05) is 0 Å². The van der Waals surface area contributed by atoms with E-state index in [-0.39, 0.29) is 40.3 Å². The van der Waals surface area contributed by atoms with E-state index in [0.29, 0.717) is 6.61 Å². The van der Waals surface area contributed by atoms with E-state index in [1.165, 1.54) is 19.3 Å². The molecule has 0 aromatic heterocycles. The van der Waals surface area contributed by atoms with Gasteiger partial charge in [-0.3, -0.25) is 0 Å². The Hall–Kier alpha value is 0.130. The number of hydrogen-bond donors (Lipinski definition) is 1. The van der Waals surface area contributed by atoms with Gasteiger partial charge in [0.25, 0.3) is 0 Å². The molecule has 0 amide bonds. The van der Waals surface area contributed by atoms with Crippen LogP contribution in [0.5, 0.6) is 0 Å². The first-order valence-electron chi connectivity index (χ1n) is 12.8. The predicted octanol–water partition coefficient (Wildman–Crippen LogP) is 6.35. The molecule has 5 heteroatoms. The summed E-state index contributed by atoms with van der Waals surface area (Å²) in [4.78, 5) is 0. The van der Waals surface area contributed by atoms with Crippen molar-refractivity contribution < 1.29 is 18.6 Å². The third-order valence-electron chi connectivity index (χ3n) is 8.94. The second kappa shape index (κ2) is 10.4. The van der Waals surface area contributed by atoms with Crippen molar-refractivity contribution in [2.45, 2.75) is 120 Å². The molecule has 1 saturated heterocycles. The molecule has 3 saturated carbocycles. The molecule has 174 valence electrons. The van der Waals surface area contributed by atoms with Crippen LogP contribution >= 0.6 is 11.8 Å². The average Bonchev–Trinajstić information content (AvgIpc) is 3.16. The topological polar surface area (TPSA) is 29.5 Å². The van der Waals surface area contributed by atoms with E-state index in [4.69, 9.17) is 4.74 Å². The molecule has 0 bridgehead atoms. The molecule has 4 fully saturated rings. The van der Waals surface area contributed by atoms with Gasteiger partial charge in [0.1, 0.15) is 12.3 Å². The monoisotopic (exact) mass is 444 g/mol. The van der Waals surface area contributed by atoms with E-state index in [0.717, 1.165) is 57.3 Å². The predicted molar refractivity (Wildman–Crippen MR) is 120 cm³/mol. The molecule has 4 aliphatic rings. The summed E-state index contributed by atoms with van der Waals surface area (Å²) in [5.41, 5.74) is 0. The van der Waals surface area contributed by atoms with E-state index in [2.05, 4.69) is 13.8 Å². The Labute approximate surface area is 186 Å². The van der Waals surface area contributed by atoms with Crippen LogP contribution in [0.4, 0.5) is 8.78 Å². The lowest BCUT2D eigenvalue weighted by atomic mass is 9.66. The van der Waals surface area contributed by atoms with Gasteiger partial charge in [-0.25, -0.2) is 8.78 Å². The highest BCUT2D eigenvalue weighted by Crippen LogP contribution is 2.58. The van der Waals surface area contributed by atoms with Gasteiger partial charge < -0.3 is 9.84 Å². The van der Waals surface area contributed by atoms with Crippen LogP contribution in [-0.4, -0.2) is 46.8 Å². The van der Waals surface area contributed by atoms with Gasteiger partial charge in [-0.2, -0.15) is 0 Å². The van der Waals surface area contributed by atoms with E-state index < -0.39 is 18.4 Å². The quantitative estimate of drug-likeness (QED) is 0.464. The van der Waals surface area contributed by atoms with Crippen LogP contribution in [0, 0.1) is 29.6 Å². The molecule has 3 aliphatic carbocycles. The normalized spacial score (nSPS) is 47.5. The van der Waals surface area contributed by atoms with Crippen LogP contribution in [0.25, 0.3) is 0 Å². The Morgan fingerprint density at radius 3 is 2.23 bits per heavy atom. The average molecular weight is 445 g/mol. The molecule has 0 aromatic carbocycles. The fourth-order valence-corrected chi connectivity index (χ4v) is 9.09. The molecular weight excluding hydrogens is 402 g/mol. The number of aliphatic hydroxyl groups is 1. The maximum absolute atomic E-state index is 15.7. The van der Waals surface area contributed by atoms with Crippen molar-refractivity contribution in [1.82, 2.24) is 0 Å². The van der Waals surface area contributed by atoms with Gasteiger partial charge in [0, 0.05) is 23.0 Å². The fraction of sp³-hybridized carbons (Fsp3) is 1.00. The highest BCUT2D eigenvalue weighted by molar-refractivity contribution is 8.00. The summed E-state index contributed by atoms with van der Waals surface area (Å²) in [7, 11) is 0. The molecule has 4 rings (SSSR count). The summed E-state index contributed by atoms with van der Waals surface area (Å²) in [5, 5.41) is 10.8. The standard InChI is InChI=1S/C25H42F2O2S/c1-3-5-14-29-20-13-12-18-17-10-11-19(21(26)24(17)30-25(18)22(20)27)23(28)16-8-6-15(4-2)7-9-16/h15-25,28H,3-14H2,1-2H3. The van der Waals surface area contributed by atoms with Crippen molar-refractivity contribution in [1.29, 1.82) is 0 Å². The van der Waals surface area contributed by atoms with Crippen LogP contribution < -0.4 is 0 Å². The number of halogens is 2. The lowest BCUT2D eigenvalue weighted by Gasteiger charge is -2.42. The summed E-state index contributed by atoms with van der Waals surface area (Å²) in [6, 6.07) is 0. The van der Waals surface area contributed by atoms with Crippen LogP contribution in [0.15, 0.2) is 0 Å². The van der Waals surface area contributed by atoms with E-state index in [9.17, 15) is 5.11 Å². The van der Waals surface area contributed by atoms with Crippen molar-refractivity contribution in [3.8, 4) is 0 Å². The fourth-order valence-electron chi connectivity index (χ4n) is 6.97. The number of hydrogen-bond acceptors (Lipinski definition) is 3. The van der Waals surface area contributed by atoms with Crippen LogP contribution in [0.3, 0.4) is 0 Å². The third kappa shape index (κ3) is 4.59. The molecule has 9 unspecified atom stereocenters. The minimum Gasteiger partial charge on any atom is -0.392 e. The van der Waals surface area contributed by atoms with Gasteiger partial charge >= 0.3 is 0 Å². The van der Waals surface area contributed by atoms with Gasteiger partial charge in [-0.15, -0.1) is 11.8 Å². The molecule has 1 aliphatic heterocycles. The van der Waals surface area contributed by atoms with Crippen molar-refractivity contribution in [2.24, 2.45) is 29.6 Å². The van der Waals surface area contributed by atoms with Crippen molar-refractivity contribution in [2.75, 3.05) is 6.61 Å². The van der Waals surface area contributed by atoms with E-state index >= 15 is 8.78 Å². The SMILES string of the molecule is CCCCOC1CCC2C3CCC(C(O)C4CCC(CC)CC4)C(F)C3SC2C1F. The number of unbranched alkanes of at least 4 members (excludes halogenated alkanes) is 1. The third-order valence-corrected chi connectivity index (χ3v) is 10.8. The van der Waals surface area contributed by atoms with Gasteiger partial charge in [0.2, 0.25) is 0 Å². The van der Waals surface area contributed by atoms with Gasteiger partial charge in [0.15, 0.2) is 0 Å². The second-order valence-corrected chi connectivity index (χ2v) is 11.9. The summed E-state index contributed by atoms with van der Waals surface area (Å²) in [5.74, 6) is 1.36. The van der Waals surface area contributed by atoms with Crippen LogP contribution in [0.2, 0.25) is 0 Å². The number of aliphatic hydroxyl groups excluding tert-OH is 1. The zero-order valence-electron chi connectivity index (χ0n) is 18.9. The van der Waals surface area contributed by atoms with Crippen LogP contribution in [0.1, 0.15) is 84.5 Å². The Kier molecular flexibility index (Phi) is 8.06. The first kappa shape index (κ1) is 23.3. The van der Waals surface area contributed by atoms with Crippen molar-refractivity contribution >= 4 is 11.8 Å². The zero-order valence-corrected chi connectivity index (χ0v) is 19.7. The van der Waals surface area contributed by atoms with Crippen molar-refractivity contribution in [3.63, 3.8) is 0 Å². The molecule has 2 nitrogen and oxygen atoms in total.